The smallest absolute Gasteiger partial charge is 0.368 e. The normalized spacial score (nSPS) is 18.6. The summed E-state index contributed by atoms with van der Waals surface area (Å²) < 4.78 is 3.51. The quantitative estimate of drug-likeness (QED) is 0.717. The molecule has 1 saturated heterocycles. The number of urea groups is 1. The van der Waals surface area contributed by atoms with Gasteiger partial charge in [-0.2, -0.15) is 0 Å². The third kappa shape index (κ3) is 3.29. The van der Waals surface area contributed by atoms with E-state index in [-0.39, 0.29) is 0 Å². The monoisotopic (exact) mass is 422 g/mol. The van der Waals surface area contributed by atoms with Crippen molar-refractivity contribution in [3.63, 3.8) is 0 Å². The average Bonchev–Trinajstić information content (AvgIpc) is 3.23. The summed E-state index contributed by atoms with van der Waals surface area (Å²) in [6.45, 7) is 5.69. The van der Waals surface area contributed by atoms with Gasteiger partial charge in [0.15, 0.2) is 0 Å². The molecule has 2 aliphatic heterocycles. The Bertz CT molecular complexity index is 1160. The first-order chi connectivity index (χ1) is 14.7. The molecule has 2 N–H and O–H groups in total. The van der Waals surface area contributed by atoms with Crippen LogP contribution in [-0.4, -0.2) is 73.4 Å². The number of aromatic nitrogens is 2. The Hall–Kier alpha value is -3.82. The van der Waals surface area contributed by atoms with Crippen molar-refractivity contribution in [2.75, 3.05) is 13.6 Å². The molecule has 0 aliphatic carbocycles. The van der Waals surface area contributed by atoms with Crippen LogP contribution in [0.15, 0.2) is 35.3 Å². The first kappa shape index (κ1) is 20.5. The standard InChI is InChI=1S/C21H23N7O3/c1-12-13(2)24-28(14(12)3)20-23-18-17(26(20)10-15-8-6-5-7-9-15)19(30)27(11-16(22)29)21(31)25(18)4/h5-9,17H,10-11H2,1-4H3,(H-,22,29)/p+1. The van der Waals surface area contributed by atoms with Gasteiger partial charge < -0.3 is 5.73 Å². The first-order valence-corrected chi connectivity index (χ1v) is 9.87. The topological polar surface area (TPSA) is 117 Å². The average molecular weight is 422 g/mol. The number of nitrogens with two attached hydrogens (primary N) is 1. The second kappa shape index (κ2) is 7.46. The lowest BCUT2D eigenvalue weighted by Gasteiger charge is -2.33. The van der Waals surface area contributed by atoms with E-state index < -0.39 is 30.4 Å². The number of imide groups is 1. The highest BCUT2D eigenvalue weighted by atomic mass is 16.2. The van der Waals surface area contributed by atoms with E-state index >= 15 is 0 Å². The van der Waals surface area contributed by atoms with Gasteiger partial charge in [0.25, 0.3) is 5.91 Å². The van der Waals surface area contributed by atoms with Crippen molar-refractivity contribution in [1.29, 1.82) is 0 Å². The van der Waals surface area contributed by atoms with Crippen LogP contribution in [0.25, 0.3) is 0 Å². The van der Waals surface area contributed by atoms with Crippen molar-refractivity contribution >= 4 is 29.6 Å². The summed E-state index contributed by atoms with van der Waals surface area (Å²) in [6.07, 6.45) is 0. The predicted octanol–water partition coefficient (Wildman–Crippen LogP) is 0.385. The Morgan fingerprint density at radius 1 is 1.16 bits per heavy atom. The molecule has 0 radical (unpaired) electrons. The van der Waals surface area contributed by atoms with Gasteiger partial charge >= 0.3 is 12.0 Å². The highest BCUT2D eigenvalue weighted by Gasteiger charge is 2.53. The van der Waals surface area contributed by atoms with Crippen molar-refractivity contribution in [2.45, 2.75) is 33.4 Å². The van der Waals surface area contributed by atoms with E-state index in [1.54, 1.807) is 4.68 Å². The van der Waals surface area contributed by atoms with Crippen LogP contribution in [0.5, 0.6) is 0 Å². The minimum Gasteiger partial charge on any atom is -0.368 e. The van der Waals surface area contributed by atoms with Crippen LogP contribution in [-0.2, 0) is 16.1 Å². The lowest BCUT2D eigenvalue weighted by atomic mass is 10.1. The van der Waals surface area contributed by atoms with Crippen molar-refractivity contribution in [3.8, 4) is 0 Å². The van der Waals surface area contributed by atoms with Gasteiger partial charge in [-0.3, -0.25) is 19.4 Å². The zero-order valence-corrected chi connectivity index (χ0v) is 17.9. The largest absolute Gasteiger partial charge is 0.421 e. The summed E-state index contributed by atoms with van der Waals surface area (Å²) in [5.41, 5.74) is 9.01. The number of primary amides is 1. The van der Waals surface area contributed by atoms with E-state index in [1.807, 2.05) is 55.7 Å². The number of aryl methyl sites for hydroxylation is 1. The molecule has 0 spiro atoms. The molecular formula is C21H24N7O3+. The van der Waals surface area contributed by atoms with Crippen LogP contribution in [0.3, 0.4) is 0 Å². The number of hydrogen-bond acceptors (Lipinski definition) is 5. The molecule has 2 aromatic rings. The van der Waals surface area contributed by atoms with Crippen molar-refractivity contribution in [3.05, 3.63) is 52.8 Å². The molecule has 10 heteroatoms. The Kier molecular flexibility index (Phi) is 4.92. The van der Waals surface area contributed by atoms with E-state index in [9.17, 15) is 14.4 Å². The maximum atomic E-state index is 13.3. The molecule has 2 aliphatic rings. The fraction of sp³-hybridized carbons (Fsp3) is 0.333. The molecule has 0 bridgehead atoms. The second-order valence-electron chi connectivity index (χ2n) is 7.73. The van der Waals surface area contributed by atoms with Crippen LogP contribution in [0.4, 0.5) is 4.79 Å². The molecule has 0 saturated carbocycles. The third-order valence-corrected chi connectivity index (χ3v) is 5.74. The SMILES string of the molecule is Cc1nn(C2=[N+](Cc3ccccc3)C3C(=O)N(CC(N)=O)C(=O)N(C)C3=N2)c(C)c1C. The second-order valence-corrected chi connectivity index (χ2v) is 7.73. The summed E-state index contributed by atoms with van der Waals surface area (Å²) >= 11 is 0. The number of aliphatic imine (C=N–C) groups is 1. The minimum atomic E-state index is -0.874. The first-order valence-electron chi connectivity index (χ1n) is 9.87. The van der Waals surface area contributed by atoms with E-state index in [2.05, 4.69) is 10.1 Å². The molecule has 10 nitrogen and oxygen atoms in total. The van der Waals surface area contributed by atoms with Crippen molar-refractivity contribution in [2.24, 2.45) is 10.7 Å². The molecular weight excluding hydrogens is 398 g/mol. The number of likely N-dealkylation sites (N-methyl/N-ethyl adjacent to an activating group) is 1. The molecule has 1 aromatic carbocycles. The molecule has 4 amide bonds. The van der Waals surface area contributed by atoms with Crippen LogP contribution in [0.1, 0.15) is 22.5 Å². The third-order valence-electron chi connectivity index (χ3n) is 5.74. The van der Waals surface area contributed by atoms with Gasteiger partial charge in [-0.15, -0.1) is 9.78 Å². The number of hydrogen-bond donors (Lipinski definition) is 1. The zero-order valence-electron chi connectivity index (χ0n) is 17.9. The van der Waals surface area contributed by atoms with Crippen LogP contribution in [0, 0.1) is 20.8 Å². The summed E-state index contributed by atoms with van der Waals surface area (Å²) in [7, 11) is 1.53. The molecule has 1 atom stereocenters. The van der Waals surface area contributed by atoms with E-state index in [1.165, 1.54) is 11.9 Å². The molecule has 3 heterocycles. The summed E-state index contributed by atoms with van der Waals surface area (Å²) in [5.74, 6) is -0.551. The highest BCUT2D eigenvalue weighted by Crippen LogP contribution is 2.23. The number of rotatable bonds is 4. The number of amides is 4. The minimum absolute atomic E-state index is 0.298. The van der Waals surface area contributed by atoms with Gasteiger partial charge in [0.1, 0.15) is 12.2 Å². The molecule has 1 unspecified atom stereocenters. The van der Waals surface area contributed by atoms with E-state index in [0.29, 0.717) is 18.3 Å². The van der Waals surface area contributed by atoms with Crippen molar-refractivity contribution in [1.82, 2.24) is 19.6 Å². The van der Waals surface area contributed by atoms with Gasteiger partial charge in [0.05, 0.1) is 12.2 Å². The number of carbonyl (C=O) groups is 3. The van der Waals surface area contributed by atoms with Gasteiger partial charge in [-0.1, -0.05) is 35.3 Å². The molecule has 1 aromatic heterocycles. The van der Waals surface area contributed by atoms with Crippen LogP contribution in [0.2, 0.25) is 0 Å². The van der Waals surface area contributed by atoms with Crippen LogP contribution < -0.4 is 5.73 Å². The lowest BCUT2D eigenvalue weighted by Crippen LogP contribution is -2.63. The Balaban J connectivity index is 1.88. The number of fused-ring (bicyclic) bond motifs is 1. The number of carbonyl (C=O) groups excluding carboxylic acids is 3. The van der Waals surface area contributed by atoms with E-state index in [0.717, 1.165) is 27.4 Å². The Morgan fingerprint density at radius 2 is 1.84 bits per heavy atom. The molecule has 4 rings (SSSR count). The van der Waals surface area contributed by atoms with Crippen LogP contribution >= 0.6 is 0 Å². The summed E-state index contributed by atoms with van der Waals surface area (Å²) in [6, 6.07) is 8.13. The summed E-state index contributed by atoms with van der Waals surface area (Å²) in [5, 5.41) is 4.61. The molecule has 1 fully saturated rings. The Labute approximate surface area is 179 Å². The van der Waals surface area contributed by atoms with Gasteiger partial charge in [0, 0.05) is 12.6 Å². The molecule has 160 valence electrons. The lowest BCUT2D eigenvalue weighted by molar-refractivity contribution is -0.553. The zero-order chi connectivity index (χ0) is 22.4. The fourth-order valence-corrected chi connectivity index (χ4v) is 3.83. The van der Waals surface area contributed by atoms with E-state index in [4.69, 9.17) is 5.73 Å². The number of nitrogens with zero attached hydrogens (tertiary/aromatic N) is 6. The maximum absolute atomic E-state index is 13.3. The Morgan fingerprint density at radius 3 is 2.42 bits per heavy atom. The number of benzene rings is 1. The van der Waals surface area contributed by atoms with Crippen molar-refractivity contribution < 1.29 is 19.0 Å². The van der Waals surface area contributed by atoms with Gasteiger partial charge in [-0.05, 0) is 26.3 Å². The van der Waals surface area contributed by atoms with Gasteiger partial charge in [-0.25, -0.2) is 9.37 Å². The fourth-order valence-electron chi connectivity index (χ4n) is 3.83. The van der Waals surface area contributed by atoms with Gasteiger partial charge in [0.2, 0.25) is 17.8 Å². The maximum Gasteiger partial charge on any atom is 0.421 e. The summed E-state index contributed by atoms with van der Waals surface area (Å²) in [4.78, 5) is 44.4. The number of amidine groups is 1. The highest BCUT2D eigenvalue weighted by molar-refractivity contribution is 6.23. The molecule has 31 heavy (non-hydrogen) atoms. The predicted molar refractivity (Wildman–Crippen MR) is 113 cm³/mol.